The third-order valence-corrected chi connectivity index (χ3v) is 3.81. The van der Waals surface area contributed by atoms with Crippen LogP contribution in [0.3, 0.4) is 0 Å². The lowest BCUT2D eigenvalue weighted by molar-refractivity contribution is 0.0615. The standard InChI is InChI=1S/C13H18O/c1-2-5-13(14)10-8-12(9-11-13)6-3-4-7-12/h1,8,10,14H,3-7,9,11H2. The number of terminal acetylenes is 1. The molecule has 1 saturated carbocycles. The molecule has 2 rings (SSSR count). The summed E-state index contributed by atoms with van der Waals surface area (Å²) in [5, 5.41) is 10.1. The highest BCUT2D eigenvalue weighted by molar-refractivity contribution is 5.17. The van der Waals surface area contributed by atoms with Gasteiger partial charge < -0.3 is 5.11 Å². The van der Waals surface area contributed by atoms with Crippen molar-refractivity contribution in [1.29, 1.82) is 0 Å². The second kappa shape index (κ2) is 3.44. The van der Waals surface area contributed by atoms with E-state index in [0.717, 1.165) is 12.8 Å². The fourth-order valence-electron chi connectivity index (χ4n) is 2.78. The van der Waals surface area contributed by atoms with Crippen molar-refractivity contribution in [3.05, 3.63) is 12.2 Å². The Kier molecular flexibility index (Phi) is 2.41. The van der Waals surface area contributed by atoms with Gasteiger partial charge in [-0.05, 0) is 31.1 Å². The van der Waals surface area contributed by atoms with Crippen LogP contribution in [0.2, 0.25) is 0 Å². The van der Waals surface area contributed by atoms with Gasteiger partial charge in [0.25, 0.3) is 0 Å². The molecule has 1 atom stereocenters. The van der Waals surface area contributed by atoms with Crippen LogP contribution in [0, 0.1) is 17.8 Å². The first-order chi connectivity index (χ1) is 6.68. The molecule has 1 nitrogen and oxygen atoms in total. The van der Waals surface area contributed by atoms with Crippen LogP contribution < -0.4 is 0 Å². The Hall–Kier alpha value is -0.740. The summed E-state index contributed by atoms with van der Waals surface area (Å²) >= 11 is 0. The molecule has 1 N–H and O–H groups in total. The van der Waals surface area contributed by atoms with Crippen molar-refractivity contribution in [2.75, 3.05) is 0 Å². The van der Waals surface area contributed by atoms with Crippen molar-refractivity contribution < 1.29 is 5.11 Å². The minimum Gasteiger partial charge on any atom is -0.385 e. The highest BCUT2D eigenvalue weighted by Crippen LogP contribution is 2.47. The van der Waals surface area contributed by atoms with Crippen LogP contribution in [0.25, 0.3) is 0 Å². The van der Waals surface area contributed by atoms with Crippen LogP contribution in [0.1, 0.15) is 44.9 Å². The zero-order valence-electron chi connectivity index (χ0n) is 8.63. The maximum absolute atomic E-state index is 10.1. The van der Waals surface area contributed by atoms with Crippen molar-refractivity contribution in [3.63, 3.8) is 0 Å². The lowest BCUT2D eigenvalue weighted by Crippen LogP contribution is -2.33. The van der Waals surface area contributed by atoms with Crippen LogP contribution in [0.5, 0.6) is 0 Å². The van der Waals surface area contributed by atoms with Gasteiger partial charge in [0.05, 0.1) is 5.60 Å². The van der Waals surface area contributed by atoms with E-state index in [9.17, 15) is 5.11 Å². The number of aliphatic hydroxyl groups is 1. The Morgan fingerprint density at radius 3 is 2.36 bits per heavy atom. The van der Waals surface area contributed by atoms with E-state index in [1.807, 2.05) is 6.08 Å². The average Bonchev–Trinajstić information content (AvgIpc) is 2.61. The Labute approximate surface area is 86.2 Å². The van der Waals surface area contributed by atoms with Gasteiger partial charge in [0.15, 0.2) is 0 Å². The first-order valence-corrected chi connectivity index (χ1v) is 5.54. The molecule has 0 aromatic carbocycles. The van der Waals surface area contributed by atoms with Gasteiger partial charge in [0.2, 0.25) is 0 Å². The molecule has 0 aromatic rings. The number of hydrogen-bond acceptors (Lipinski definition) is 1. The van der Waals surface area contributed by atoms with E-state index in [0.29, 0.717) is 11.8 Å². The van der Waals surface area contributed by atoms with Crippen molar-refractivity contribution in [1.82, 2.24) is 0 Å². The zero-order valence-corrected chi connectivity index (χ0v) is 8.63. The molecule has 2 aliphatic carbocycles. The molecule has 0 heterocycles. The van der Waals surface area contributed by atoms with Gasteiger partial charge in [-0.1, -0.05) is 25.0 Å². The van der Waals surface area contributed by atoms with E-state index in [2.05, 4.69) is 12.0 Å². The largest absolute Gasteiger partial charge is 0.385 e. The van der Waals surface area contributed by atoms with Gasteiger partial charge in [-0.2, -0.15) is 0 Å². The molecule has 76 valence electrons. The van der Waals surface area contributed by atoms with Gasteiger partial charge in [0.1, 0.15) is 0 Å². The summed E-state index contributed by atoms with van der Waals surface area (Å²) in [4.78, 5) is 0. The Morgan fingerprint density at radius 1 is 1.14 bits per heavy atom. The number of hydrogen-bond donors (Lipinski definition) is 1. The molecule has 1 heteroatoms. The van der Waals surface area contributed by atoms with Crippen molar-refractivity contribution in [2.24, 2.45) is 5.41 Å². The Morgan fingerprint density at radius 2 is 1.86 bits per heavy atom. The topological polar surface area (TPSA) is 20.2 Å². The molecule has 14 heavy (non-hydrogen) atoms. The van der Waals surface area contributed by atoms with E-state index in [-0.39, 0.29) is 0 Å². The zero-order chi connectivity index (χ0) is 10.1. The summed E-state index contributed by atoms with van der Waals surface area (Å²) < 4.78 is 0. The molecule has 2 aliphatic rings. The van der Waals surface area contributed by atoms with Crippen LogP contribution in [-0.2, 0) is 0 Å². The number of rotatable bonds is 1. The highest BCUT2D eigenvalue weighted by atomic mass is 16.3. The van der Waals surface area contributed by atoms with E-state index in [4.69, 9.17) is 6.42 Å². The molecule has 0 bridgehead atoms. The molecule has 0 aromatic heterocycles. The second-order valence-corrected chi connectivity index (χ2v) is 4.89. The summed E-state index contributed by atoms with van der Waals surface area (Å²) in [5.74, 6) is 2.56. The fraction of sp³-hybridized carbons (Fsp3) is 0.692. The van der Waals surface area contributed by atoms with E-state index >= 15 is 0 Å². The predicted molar refractivity (Wildman–Crippen MR) is 57.7 cm³/mol. The molecule has 1 fully saturated rings. The summed E-state index contributed by atoms with van der Waals surface area (Å²) in [6.45, 7) is 0. The van der Waals surface area contributed by atoms with Crippen LogP contribution in [0.15, 0.2) is 12.2 Å². The lowest BCUT2D eigenvalue weighted by Gasteiger charge is -2.36. The fourth-order valence-corrected chi connectivity index (χ4v) is 2.78. The smallest absolute Gasteiger partial charge is 0.0936 e. The van der Waals surface area contributed by atoms with Gasteiger partial charge >= 0.3 is 0 Å². The monoisotopic (exact) mass is 190 g/mol. The predicted octanol–water partition coefficient (Wildman–Crippen LogP) is 2.65. The van der Waals surface area contributed by atoms with Gasteiger partial charge in [-0.15, -0.1) is 12.3 Å². The highest BCUT2D eigenvalue weighted by Gasteiger charge is 2.38. The molecule has 1 spiro atoms. The minimum atomic E-state index is -0.706. The Balaban J connectivity index is 2.09. The summed E-state index contributed by atoms with van der Waals surface area (Å²) in [7, 11) is 0. The van der Waals surface area contributed by atoms with Crippen LogP contribution in [-0.4, -0.2) is 10.7 Å². The van der Waals surface area contributed by atoms with Crippen molar-refractivity contribution in [2.45, 2.75) is 50.5 Å². The van der Waals surface area contributed by atoms with Gasteiger partial charge in [-0.3, -0.25) is 0 Å². The van der Waals surface area contributed by atoms with E-state index in [1.54, 1.807) is 0 Å². The maximum Gasteiger partial charge on any atom is 0.0936 e. The first kappa shape index (κ1) is 9.80. The van der Waals surface area contributed by atoms with Crippen molar-refractivity contribution >= 4 is 0 Å². The van der Waals surface area contributed by atoms with Gasteiger partial charge in [0, 0.05) is 6.42 Å². The molecule has 0 saturated heterocycles. The van der Waals surface area contributed by atoms with Crippen LogP contribution in [0.4, 0.5) is 0 Å². The Bertz CT molecular complexity index is 278. The molecule has 0 amide bonds. The molecular weight excluding hydrogens is 172 g/mol. The molecule has 0 radical (unpaired) electrons. The van der Waals surface area contributed by atoms with Crippen LogP contribution >= 0.6 is 0 Å². The SMILES string of the molecule is C#CCC1(O)C=CC2(CCCC2)CC1. The van der Waals surface area contributed by atoms with Gasteiger partial charge in [-0.25, -0.2) is 0 Å². The first-order valence-electron chi connectivity index (χ1n) is 5.54. The second-order valence-electron chi connectivity index (χ2n) is 4.89. The molecular formula is C13H18O. The average molecular weight is 190 g/mol. The normalized spacial score (nSPS) is 34.6. The third-order valence-electron chi connectivity index (χ3n) is 3.81. The maximum atomic E-state index is 10.1. The summed E-state index contributed by atoms with van der Waals surface area (Å²) in [6.07, 6.45) is 17.1. The summed E-state index contributed by atoms with van der Waals surface area (Å²) in [5.41, 5.74) is -0.288. The molecule has 1 unspecified atom stereocenters. The van der Waals surface area contributed by atoms with E-state index < -0.39 is 5.60 Å². The van der Waals surface area contributed by atoms with Crippen molar-refractivity contribution in [3.8, 4) is 12.3 Å². The lowest BCUT2D eigenvalue weighted by atomic mass is 9.72. The minimum absolute atomic E-state index is 0.417. The molecule has 0 aliphatic heterocycles. The summed E-state index contributed by atoms with van der Waals surface area (Å²) in [6, 6.07) is 0. The number of allylic oxidation sites excluding steroid dienone is 1. The quantitative estimate of drug-likeness (QED) is 0.498. The third kappa shape index (κ3) is 1.72. The van der Waals surface area contributed by atoms with E-state index in [1.165, 1.54) is 25.7 Å².